The lowest BCUT2D eigenvalue weighted by molar-refractivity contribution is 0.102. The Hall–Kier alpha value is -3.65. The van der Waals surface area contributed by atoms with Crippen LogP contribution in [0.2, 0.25) is 0 Å². The summed E-state index contributed by atoms with van der Waals surface area (Å²) in [4.78, 5) is 28.2. The van der Waals surface area contributed by atoms with E-state index in [-0.39, 0.29) is 16.4 Å². The molecule has 3 aromatic rings. The van der Waals surface area contributed by atoms with Crippen molar-refractivity contribution in [1.29, 1.82) is 0 Å². The number of ether oxygens (including phenoxy) is 1. The second-order valence-corrected chi connectivity index (χ2v) is 10.6. The maximum atomic E-state index is 13.2. The number of sulfonamides is 1. The molecule has 4 N–H and O–H groups in total. The molecule has 0 unspecified atom stereocenters. The van der Waals surface area contributed by atoms with E-state index in [9.17, 15) is 13.2 Å². The summed E-state index contributed by atoms with van der Waals surface area (Å²) in [7, 11) is -3.58. The standard InChI is InChI=1S/C24H28N8O4S/c25-23-22(24(33)30-20-15-27-6-5-21(20)31-11-13-36-14-12-31)29-19(16-28-23)17-1-3-18(4-2-17)37(34,35)32-9-7-26-8-10-32/h1-6,15-16,26H,7-14H2,(H2,25,28)(H,30,33). The monoisotopic (exact) mass is 524 g/mol. The number of anilines is 3. The number of nitrogens with zero attached hydrogens (tertiary/aromatic N) is 5. The van der Waals surface area contributed by atoms with Gasteiger partial charge in [0.15, 0.2) is 11.5 Å². The Bertz CT molecular complexity index is 1370. The molecule has 5 rings (SSSR count). The Labute approximate surface area is 214 Å². The van der Waals surface area contributed by atoms with Crippen LogP contribution < -0.4 is 21.3 Å². The van der Waals surface area contributed by atoms with Gasteiger partial charge in [-0.25, -0.2) is 18.4 Å². The molecule has 2 saturated heterocycles. The number of hydrogen-bond acceptors (Lipinski definition) is 10. The number of hydrogen-bond donors (Lipinski definition) is 3. The molecule has 0 radical (unpaired) electrons. The maximum absolute atomic E-state index is 13.2. The van der Waals surface area contributed by atoms with Gasteiger partial charge < -0.3 is 26.0 Å². The average Bonchev–Trinajstić information content (AvgIpc) is 2.94. The number of nitrogens with one attached hydrogen (secondary N) is 2. The fraction of sp³-hybridized carbons (Fsp3) is 0.333. The van der Waals surface area contributed by atoms with E-state index in [1.807, 2.05) is 6.07 Å². The highest BCUT2D eigenvalue weighted by Crippen LogP contribution is 2.27. The van der Waals surface area contributed by atoms with Crippen molar-refractivity contribution in [2.24, 2.45) is 0 Å². The molecule has 2 aliphatic heterocycles. The number of rotatable bonds is 6. The van der Waals surface area contributed by atoms with Gasteiger partial charge in [0, 0.05) is 51.0 Å². The smallest absolute Gasteiger partial charge is 0.278 e. The molecule has 0 atom stereocenters. The Morgan fingerprint density at radius 1 is 1.03 bits per heavy atom. The zero-order valence-electron chi connectivity index (χ0n) is 20.1. The molecular formula is C24H28N8O4S. The SMILES string of the molecule is Nc1ncc(-c2ccc(S(=O)(=O)N3CCNCC3)cc2)nc1C(=O)Nc1cnccc1N1CCOCC1. The summed E-state index contributed by atoms with van der Waals surface area (Å²) in [5, 5.41) is 6.00. The van der Waals surface area contributed by atoms with E-state index in [0.717, 1.165) is 5.69 Å². The zero-order valence-corrected chi connectivity index (χ0v) is 20.9. The van der Waals surface area contributed by atoms with Crippen molar-refractivity contribution in [3.05, 3.63) is 54.6 Å². The van der Waals surface area contributed by atoms with Crippen LogP contribution in [0.5, 0.6) is 0 Å². The fourth-order valence-corrected chi connectivity index (χ4v) is 5.72. The first-order valence-corrected chi connectivity index (χ1v) is 13.4. The molecule has 1 aromatic carbocycles. The zero-order chi connectivity index (χ0) is 25.8. The molecule has 12 nitrogen and oxygen atoms in total. The molecule has 0 saturated carbocycles. The Morgan fingerprint density at radius 2 is 1.76 bits per heavy atom. The van der Waals surface area contributed by atoms with E-state index < -0.39 is 15.9 Å². The number of aromatic nitrogens is 3. The van der Waals surface area contributed by atoms with Gasteiger partial charge in [0.05, 0.1) is 47.6 Å². The van der Waals surface area contributed by atoms with Crippen molar-refractivity contribution >= 4 is 33.1 Å². The van der Waals surface area contributed by atoms with Gasteiger partial charge in [-0.05, 0) is 18.2 Å². The van der Waals surface area contributed by atoms with E-state index in [0.29, 0.717) is 69.4 Å². The molecule has 2 aromatic heterocycles. The van der Waals surface area contributed by atoms with Crippen LogP contribution in [0.15, 0.2) is 53.8 Å². The normalized spacial score (nSPS) is 16.9. The molecule has 194 valence electrons. The summed E-state index contributed by atoms with van der Waals surface area (Å²) in [6.07, 6.45) is 4.70. The summed E-state index contributed by atoms with van der Waals surface area (Å²) < 4.78 is 32.7. The molecular weight excluding hydrogens is 496 g/mol. The van der Waals surface area contributed by atoms with E-state index in [1.54, 1.807) is 24.5 Å². The third-order valence-corrected chi connectivity index (χ3v) is 8.19. The lowest BCUT2D eigenvalue weighted by Crippen LogP contribution is -2.46. The highest BCUT2D eigenvalue weighted by Gasteiger charge is 2.26. The van der Waals surface area contributed by atoms with E-state index >= 15 is 0 Å². The highest BCUT2D eigenvalue weighted by molar-refractivity contribution is 7.89. The lowest BCUT2D eigenvalue weighted by Gasteiger charge is -2.30. The number of pyridine rings is 1. The molecule has 0 aliphatic carbocycles. The van der Waals surface area contributed by atoms with Gasteiger partial charge >= 0.3 is 0 Å². The number of amides is 1. The van der Waals surface area contributed by atoms with Gasteiger partial charge in [0.25, 0.3) is 5.91 Å². The third kappa shape index (κ3) is 5.39. The van der Waals surface area contributed by atoms with Crippen molar-refractivity contribution < 1.29 is 17.9 Å². The first-order chi connectivity index (χ1) is 17.9. The van der Waals surface area contributed by atoms with E-state index in [2.05, 4.69) is 30.5 Å². The van der Waals surface area contributed by atoms with Crippen molar-refractivity contribution in [2.75, 3.05) is 68.4 Å². The summed E-state index contributed by atoms with van der Waals surface area (Å²) in [5.41, 5.74) is 8.33. The average molecular weight is 525 g/mol. The van der Waals surface area contributed by atoms with Crippen LogP contribution in [0, 0.1) is 0 Å². The second-order valence-electron chi connectivity index (χ2n) is 8.61. The van der Waals surface area contributed by atoms with Crippen molar-refractivity contribution in [3.8, 4) is 11.3 Å². The predicted molar refractivity (Wildman–Crippen MR) is 139 cm³/mol. The Morgan fingerprint density at radius 3 is 2.49 bits per heavy atom. The van der Waals surface area contributed by atoms with Gasteiger partial charge in [-0.3, -0.25) is 9.78 Å². The molecule has 4 heterocycles. The van der Waals surface area contributed by atoms with Crippen LogP contribution in [0.1, 0.15) is 10.5 Å². The number of benzene rings is 1. The van der Waals surface area contributed by atoms with Crippen molar-refractivity contribution in [3.63, 3.8) is 0 Å². The van der Waals surface area contributed by atoms with Crippen molar-refractivity contribution in [1.82, 2.24) is 24.6 Å². The first kappa shape index (κ1) is 25.0. The number of nitrogen functional groups attached to an aromatic ring is 1. The molecule has 2 fully saturated rings. The first-order valence-electron chi connectivity index (χ1n) is 12.0. The number of nitrogens with two attached hydrogens (primary N) is 1. The Balaban J connectivity index is 1.36. The van der Waals surface area contributed by atoms with Gasteiger partial charge in [-0.1, -0.05) is 12.1 Å². The molecule has 0 bridgehead atoms. The summed E-state index contributed by atoms with van der Waals surface area (Å²) in [6, 6.07) is 8.20. The highest BCUT2D eigenvalue weighted by atomic mass is 32.2. The third-order valence-electron chi connectivity index (χ3n) is 6.28. The van der Waals surface area contributed by atoms with E-state index in [4.69, 9.17) is 10.5 Å². The van der Waals surface area contributed by atoms with Gasteiger partial charge in [0.1, 0.15) is 0 Å². The number of morpholine rings is 1. The molecule has 1 amide bonds. The summed E-state index contributed by atoms with van der Waals surface area (Å²) in [6.45, 7) is 4.70. The second kappa shape index (κ2) is 10.8. The van der Waals surface area contributed by atoms with Crippen LogP contribution in [0.3, 0.4) is 0 Å². The van der Waals surface area contributed by atoms with Crippen LogP contribution in [-0.4, -0.2) is 86.1 Å². The number of piperazine rings is 1. The predicted octanol–water partition coefficient (Wildman–Crippen LogP) is 0.804. The minimum Gasteiger partial charge on any atom is -0.382 e. The summed E-state index contributed by atoms with van der Waals surface area (Å²) >= 11 is 0. The van der Waals surface area contributed by atoms with Gasteiger partial charge in [0.2, 0.25) is 10.0 Å². The molecule has 2 aliphatic rings. The lowest BCUT2D eigenvalue weighted by atomic mass is 10.1. The maximum Gasteiger partial charge on any atom is 0.278 e. The molecule has 0 spiro atoms. The number of carbonyl (C=O) groups excluding carboxylic acids is 1. The Kier molecular flexibility index (Phi) is 7.28. The largest absolute Gasteiger partial charge is 0.382 e. The fourth-order valence-electron chi connectivity index (χ4n) is 4.28. The summed E-state index contributed by atoms with van der Waals surface area (Å²) in [5.74, 6) is -0.539. The molecule has 37 heavy (non-hydrogen) atoms. The molecule has 13 heteroatoms. The minimum atomic E-state index is -3.58. The van der Waals surface area contributed by atoms with E-state index in [1.165, 1.54) is 22.6 Å². The topological polar surface area (TPSA) is 156 Å². The van der Waals surface area contributed by atoms with Crippen LogP contribution in [-0.2, 0) is 14.8 Å². The van der Waals surface area contributed by atoms with Gasteiger partial charge in [-0.15, -0.1) is 0 Å². The van der Waals surface area contributed by atoms with Crippen LogP contribution in [0.4, 0.5) is 17.2 Å². The van der Waals surface area contributed by atoms with Crippen molar-refractivity contribution in [2.45, 2.75) is 4.90 Å². The quantitative estimate of drug-likeness (QED) is 0.422. The van der Waals surface area contributed by atoms with Gasteiger partial charge in [-0.2, -0.15) is 4.31 Å². The van der Waals surface area contributed by atoms with Crippen LogP contribution >= 0.6 is 0 Å². The minimum absolute atomic E-state index is 0.0176. The van der Waals surface area contributed by atoms with Crippen LogP contribution in [0.25, 0.3) is 11.3 Å². The number of carbonyl (C=O) groups is 1.